The van der Waals surface area contributed by atoms with Crippen molar-refractivity contribution < 1.29 is 4.79 Å². The summed E-state index contributed by atoms with van der Waals surface area (Å²) in [6.45, 7) is 4.88. The van der Waals surface area contributed by atoms with Gasteiger partial charge in [0.1, 0.15) is 0 Å². The third-order valence-electron chi connectivity index (χ3n) is 2.93. The van der Waals surface area contributed by atoms with Crippen molar-refractivity contribution in [2.24, 2.45) is 0 Å². The van der Waals surface area contributed by atoms with Crippen molar-refractivity contribution >= 4 is 5.78 Å². The Kier molecular flexibility index (Phi) is 2.82. The predicted octanol–water partition coefficient (Wildman–Crippen LogP) is 1.17. The summed E-state index contributed by atoms with van der Waals surface area (Å²) >= 11 is 0. The Morgan fingerprint density at radius 2 is 2.33 bits per heavy atom. The van der Waals surface area contributed by atoms with Crippen LogP contribution in [0.15, 0.2) is 12.3 Å². The number of hydrogen-bond donors (Lipinski definition) is 1. The van der Waals surface area contributed by atoms with Gasteiger partial charge in [0.2, 0.25) is 0 Å². The van der Waals surface area contributed by atoms with E-state index in [0.717, 1.165) is 18.7 Å². The van der Waals surface area contributed by atoms with Crippen LogP contribution in [0.25, 0.3) is 0 Å². The molecule has 15 heavy (non-hydrogen) atoms. The van der Waals surface area contributed by atoms with Crippen molar-refractivity contribution in [3.05, 3.63) is 29.1 Å². The first-order valence-corrected chi connectivity index (χ1v) is 5.35. The number of pyridine rings is 1. The van der Waals surface area contributed by atoms with Crippen LogP contribution in [0.3, 0.4) is 0 Å². The lowest BCUT2D eigenvalue weighted by Crippen LogP contribution is -2.29. The number of hydrogen-bond acceptors (Lipinski definition) is 3. The lowest BCUT2D eigenvalue weighted by molar-refractivity contribution is -0.118. The molecular weight excluding hydrogens is 188 g/mol. The van der Waals surface area contributed by atoms with E-state index in [1.54, 1.807) is 0 Å². The number of Topliss-reactive ketones (excluding diaryl/α,β-unsaturated/α-hetero) is 1. The van der Waals surface area contributed by atoms with E-state index < -0.39 is 0 Å². The van der Waals surface area contributed by atoms with Gasteiger partial charge in [-0.3, -0.25) is 9.78 Å². The highest BCUT2D eigenvalue weighted by atomic mass is 16.1. The Hall–Kier alpha value is -1.22. The van der Waals surface area contributed by atoms with Gasteiger partial charge in [-0.15, -0.1) is 0 Å². The van der Waals surface area contributed by atoms with Crippen LogP contribution in [0.5, 0.6) is 0 Å². The summed E-state index contributed by atoms with van der Waals surface area (Å²) in [6, 6.07) is 2.07. The molecule has 1 aromatic heterocycles. The maximum atomic E-state index is 11.5. The summed E-state index contributed by atoms with van der Waals surface area (Å²) in [5, 5.41) is 3.22. The number of aromatic nitrogens is 1. The van der Waals surface area contributed by atoms with Crippen molar-refractivity contribution in [1.82, 2.24) is 10.3 Å². The molecule has 0 spiro atoms. The van der Waals surface area contributed by atoms with E-state index in [0.29, 0.717) is 12.2 Å². The second-order valence-corrected chi connectivity index (χ2v) is 4.18. The highest BCUT2D eigenvalue weighted by Gasteiger charge is 2.24. The number of carbonyl (C=O) groups excluding carboxylic acids is 1. The molecular formula is C12H16N2O. The molecule has 1 fully saturated rings. The molecule has 0 aromatic carbocycles. The van der Waals surface area contributed by atoms with E-state index in [2.05, 4.69) is 23.3 Å². The van der Waals surface area contributed by atoms with E-state index in [9.17, 15) is 4.79 Å². The molecule has 3 nitrogen and oxygen atoms in total. The first-order chi connectivity index (χ1) is 7.16. The zero-order valence-electron chi connectivity index (χ0n) is 9.21. The highest BCUT2D eigenvalue weighted by Crippen LogP contribution is 2.13. The Labute approximate surface area is 89.9 Å². The number of ketones is 1. The Balaban J connectivity index is 2.13. The maximum absolute atomic E-state index is 11.5. The SMILES string of the molecule is Cc1cc(C)c(CC2NCCC2=O)cn1. The third kappa shape index (κ3) is 2.23. The van der Waals surface area contributed by atoms with Gasteiger partial charge in [-0.05, 0) is 37.5 Å². The second kappa shape index (κ2) is 4.11. The average Bonchev–Trinajstić information content (AvgIpc) is 2.57. The summed E-state index contributed by atoms with van der Waals surface area (Å²) in [6.07, 6.45) is 3.33. The van der Waals surface area contributed by atoms with Crippen LogP contribution in [-0.4, -0.2) is 23.4 Å². The zero-order chi connectivity index (χ0) is 10.8. The van der Waals surface area contributed by atoms with E-state index in [1.165, 1.54) is 11.1 Å². The summed E-state index contributed by atoms with van der Waals surface area (Å²) in [5.41, 5.74) is 3.43. The van der Waals surface area contributed by atoms with E-state index in [-0.39, 0.29) is 6.04 Å². The molecule has 1 aromatic rings. The normalized spacial score (nSPS) is 20.9. The highest BCUT2D eigenvalue weighted by molar-refractivity contribution is 5.86. The minimum absolute atomic E-state index is 0.00760. The van der Waals surface area contributed by atoms with Crippen LogP contribution in [0.2, 0.25) is 0 Å². The van der Waals surface area contributed by atoms with Crippen molar-refractivity contribution in [2.75, 3.05) is 6.54 Å². The Morgan fingerprint density at radius 3 is 2.93 bits per heavy atom. The van der Waals surface area contributed by atoms with E-state index in [4.69, 9.17) is 0 Å². The van der Waals surface area contributed by atoms with Gasteiger partial charge in [-0.1, -0.05) is 0 Å². The molecule has 0 amide bonds. The Bertz CT molecular complexity index is 387. The smallest absolute Gasteiger partial charge is 0.151 e. The first kappa shape index (κ1) is 10.3. The number of aryl methyl sites for hydroxylation is 2. The second-order valence-electron chi connectivity index (χ2n) is 4.18. The van der Waals surface area contributed by atoms with Gasteiger partial charge < -0.3 is 5.32 Å². The van der Waals surface area contributed by atoms with E-state index >= 15 is 0 Å². The van der Waals surface area contributed by atoms with Gasteiger partial charge >= 0.3 is 0 Å². The fourth-order valence-corrected chi connectivity index (χ4v) is 2.00. The van der Waals surface area contributed by atoms with E-state index in [1.807, 2.05) is 13.1 Å². The summed E-state index contributed by atoms with van der Waals surface area (Å²) < 4.78 is 0. The minimum Gasteiger partial charge on any atom is -0.307 e. The molecule has 3 heteroatoms. The minimum atomic E-state index is 0.00760. The molecule has 1 N–H and O–H groups in total. The zero-order valence-corrected chi connectivity index (χ0v) is 9.21. The van der Waals surface area contributed by atoms with Crippen molar-refractivity contribution in [1.29, 1.82) is 0 Å². The van der Waals surface area contributed by atoms with Gasteiger partial charge in [0, 0.05) is 24.9 Å². The van der Waals surface area contributed by atoms with Gasteiger partial charge in [0.25, 0.3) is 0 Å². The molecule has 1 atom stereocenters. The molecule has 1 unspecified atom stereocenters. The standard InChI is InChI=1S/C12H16N2O/c1-8-5-9(2)14-7-10(8)6-11-12(15)3-4-13-11/h5,7,11,13H,3-4,6H2,1-2H3. The fourth-order valence-electron chi connectivity index (χ4n) is 2.00. The van der Waals surface area contributed by atoms with Crippen molar-refractivity contribution in [2.45, 2.75) is 32.7 Å². The summed E-state index contributed by atoms with van der Waals surface area (Å²) in [7, 11) is 0. The molecule has 2 rings (SSSR count). The molecule has 0 bridgehead atoms. The summed E-state index contributed by atoms with van der Waals surface area (Å²) in [5.74, 6) is 0.329. The number of rotatable bonds is 2. The molecule has 1 saturated heterocycles. The van der Waals surface area contributed by atoms with Crippen LogP contribution in [0, 0.1) is 13.8 Å². The number of nitrogens with one attached hydrogen (secondary N) is 1. The van der Waals surface area contributed by atoms with Gasteiger partial charge in [0.05, 0.1) is 6.04 Å². The third-order valence-corrected chi connectivity index (χ3v) is 2.93. The first-order valence-electron chi connectivity index (χ1n) is 5.35. The maximum Gasteiger partial charge on any atom is 0.151 e. The number of nitrogens with zero attached hydrogens (tertiary/aromatic N) is 1. The van der Waals surface area contributed by atoms with Crippen LogP contribution < -0.4 is 5.32 Å². The monoisotopic (exact) mass is 204 g/mol. The molecule has 0 radical (unpaired) electrons. The molecule has 0 aliphatic carbocycles. The number of carbonyl (C=O) groups is 1. The molecule has 1 aliphatic heterocycles. The summed E-state index contributed by atoms with van der Waals surface area (Å²) in [4.78, 5) is 15.7. The Morgan fingerprint density at radius 1 is 1.53 bits per heavy atom. The largest absolute Gasteiger partial charge is 0.307 e. The quantitative estimate of drug-likeness (QED) is 0.786. The molecule has 2 heterocycles. The lowest BCUT2D eigenvalue weighted by atomic mass is 10.0. The topological polar surface area (TPSA) is 42.0 Å². The molecule has 1 aliphatic rings. The van der Waals surface area contributed by atoms with Gasteiger partial charge in [-0.25, -0.2) is 0 Å². The van der Waals surface area contributed by atoms with Crippen molar-refractivity contribution in [3.63, 3.8) is 0 Å². The lowest BCUT2D eigenvalue weighted by Gasteiger charge is -2.11. The van der Waals surface area contributed by atoms with Crippen LogP contribution in [-0.2, 0) is 11.2 Å². The fraction of sp³-hybridized carbons (Fsp3) is 0.500. The van der Waals surface area contributed by atoms with Crippen LogP contribution >= 0.6 is 0 Å². The van der Waals surface area contributed by atoms with Crippen LogP contribution in [0.1, 0.15) is 23.2 Å². The average molecular weight is 204 g/mol. The molecule has 80 valence electrons. The molecule has 0 saturated carbocycles. The van der Waals surface area contributed by atoms with Gasteiger partial charge in [-0.2, -0.15) is 0 Å². The van der Waals surface area contributed by atoms with Crippen LogP contribution in [0.4, 0.5) is 0 Å². The van der Waals surface area contributed by atoms with Crippen molar-refractivity contribution in [3.8, 4) is 0 Å². The predicted molar refractivity (Wildman–Crippen MR) is 58.8 cm³/mol. The van der Waals surface area contributed by atoms with Gasteiger partial charge in [0.15, 0.2) is 5.78 Å².